The highest BCUT2D eigenvalue weighted by Gasteiger charge is 2.20. The molecule has 0 spiro atoms. The SMILES string of the molecule is COCCOCC1NCCc2sccc21. The molecular weight excluding hydrogens is 210 g/mol. The van der Waals surface area contributed by atoms with Gasteiger partial charge in [-0.25, -0.2) is 0 Å². The van der Waals surface area contributed by atoms with E-state index in [-0.39, 0.29) is 0 Å². The van der Waals surface area contributed by atoms with Gasteiger partial charge in [0.15, 0.2) is 0 Å². The van der Waals surface area contributed by atoms with Gasteiger partial charge < -0.3 is 14.8 Å². The third kappa shape index (κ3) is 2.78. The van der Waals surface area contributed by atoms with Crippen molar-refractivity contribution in [3.05, 3.63) is 21.9 Å². The molecule has 1 unspecified atom stereocenters. The summed E-state index contributed by atoms with van der Waals surface area (Å²) in [6.07, 6.45) is 1.15. The Morgan fingerprint density at radius 3 is 3.33 bits per heavy atom. The van der Waals surface area contributed by atoms with Gasteiger partial charge in [-0.2, -0.15) is 0 Å². The van der Waals surface area contributed by atoms with Crippen LogP contribution in [0.3, 0.4) is 0 Å². The Morgan fingerprint density at radius 1 is 1.53 bits per heavy atom. The molecule has 0 saturated carbocycles. The lowest BCUT2D eigenvalue weighted by atomic mass is 10.0. The molecule has 15 heavy (non-hydrogen) atoms. The van der Waals surface area contributed by atoms with E-state index in [2.05, 4.69) is 16.8 Å². The van der Waals surface area contributed by atoms with Crippen LogP contribution in [0.15, 0.2) is 11.4 Å². The molecule has 1 aromatic rings. The van der Waals surface area contributed by atoms with Crippen molar-refractivity contribution in [1.29, 1.82) is 0 Å². The predicted octanol–water partition coefficient (Wildman–Crippen LogP) is 1.60. The first-order chi connectivity index (χ1) is 7.42. The Kier molecular flexibility index (Phi) is 4.14. The Bertz CT molecular complexity index is 301. The maximum Gasteiger partial charge on any atom is 0.0701 e. The Labute approximate surface area is 94.4 Å². The quantitative estimate of drug-likeness (QED) is 0.775. The standard InChI is InChI=1S/C11H17NO2S/c1-13-5-6-14-8-10-9-3-7-15-11(9)2-4-12-10/h3,7,10,12H,2,4-6,8H2,1H3. The second-order valence-electron chi connectivity index (χ2n) is 3.62. The Balaban J connectivity index is 1.84. The number of hydrogen-bond donors (Lipinski definition) is 1. The normalized spacial score (nSPS) is 20.2. The van der Waals surface area contributed by atoms with Gasteiger partial charge in [-0.1, -0.05) is 0 Å². The maximum atomic E-state index is 5.56. The van der Waals surface area contributed by atoms with Crippen LogP contribution in [0.25, 0.3) is 0 Å². The lowest BCUT2D eigenvalue weighted by Crippen LogP contribution is -2.32. The number of nitrogens with one attached hydrogen (secondary N) is 1. The van der Waals surface area contributed by atoms with Crippen LogP contribution in [0, 0.1) is 0 Å². The van der Waals surface area contributed by atoms with E-state index in [9.17, 15) is 0 Å². The van der Waals surface area contributed by atoms with E-state index in [4.69, 9.17) is 9.47 Å². The van der Waals surface area contributed by atoms with E-state index >= 15 is 0 Å². The summed E-state index contributed by atoms with van der Waals surface area (Å²) in [5.74, 6) is 0. The van der Waals surface area contributed by atoms with Crippen molar-refractivity contribution in [3.8, 4) is 0 Å². The molecule has 1 atom stereocenters. The second kappa shape index (κ2) is 5.61. The van der Waals surface area contributed by atoms with Crippen molar-refractivity contribution < 1.29 is 9.47 Å². The Morgan fingerprint density at radius 2 is 2.47 bits per heavy atom. The summed E-state index contributed by atoms with van der Waals surface area (Å²) >= 11 is 1.85. The van der Waals surface area contributed by atoms with Gasteiger partial charge in [-0.05, 0) is 23.4 Å². The van der Waals surface area contributed by atoms with Crippen LogP contribution in [0.2, 0.25) is 0 Å². The Hall–Kier alpha value is -0.420. The van der Waals surface area contributed by atoms with Crippen molar-refractivity contribution in [2.75, 3.05) is 33.5 Å². The fourth-order valence-electron chi connectivity index (χ4n) is 1.83. The topological polar surface area (TPSA) is 30.5 Å². The molecule has 4 heteroatoms. The fraction of sp³-hybridized carbons (Fsp3) is 0.636. The molecular formula is C11H17NO2S. The van der Waals surface area contributed by atoms with Crippen molar-refractivity contribution in [3.63, 3.8) is 0 Å². The number of thiophene rings is 1. The highest BCUT2D eigenvalue weighted by Crippen LogP contribution is 2.27. The van der Waals surface area contributed by atoms with Gasteiger partial charge in [0.05, 0.1) is 25.9 Å². The van der Waals surface area contributed by atoms with Gasteiger partial charge in [-0.3, -0.25) is 0 Å². The monoisotopic (exact) mass is 227 g/mol. The summed E-state index contributed by atoms with van der Waals surface area (Å²) in [5, 5.41) is 5.65. The first-order valence-electron chi connectivity index (χ1n) is 5.28. The van der Waals surface area contributed by atoms with Gasteiger partial charge in [0, 0.05) is 18.5 Å². The van der Waals surface area contributed by atoms with E-state index in [0.29, 0.717) is 19.3 Å². The summed E-state index contributed by atoms with van der Waals surface area (Å²) in [7, 11) is 1.69. The maximum absolute atomic E-state index is 5.56. The molecule has 0 bridgehead atoms. The van der Waals surface area contributed by atoms with Crippen LogP contribution in [-0.2, 0) is 15.9 Å². The van der Waals surface area contributed by atoms with E-state index in [1.54, 1.807) is 7.11 Å². The molecule has 1 N–H and O–H groups in total. The number of rotatable bonds is 5. The summed E-state index contributed by atoms with van der Waals surface area (Å²) in [4.78, 5) is 1.51. The lowest BCUT2D eigenvalue weighted by Gasteiger charge is -2.24. The smallest absolute Gasteiger partial charge is 0.0701 e. The number of hydrogen-bond acceptors (Lipinski definition) is 4. The van der Waals surface area contributed by atoms with Gasteiger partial charge in [0.1, 0.15) is 0 Å². The van der Waals surface area contributed by atoms with Crippen LogP contribution >= 0.6 is 11.3 Å². The van der Waals surface area contributed by atoms with Crippen LogP contribution in [-0.4, -0.2) is 33.5 Å². The van der Waals surface area contributed by atoms with E-state index in [0.717, 1.165) is 19.6 Å². The molecule has 1 aliphatic heterocycles. The minimum absolute atomic E-state index is 0.372. The third-order valence-corrected chi connectivity index (χ3v) is 3.61. The molecule has 3 nitrogen and oxygen atoms in total. The van der Waals surface area contributed by atoms with Crippen molar-refractivity contribution >= 4 is 11.3 Å². The average Bonchev–Trinajstić information content (AvgIpc) is 2.73. The molecule has 0 aliphatic carbocycles. The highest BCUT2D eigenvalue weighted by atomic mass is 32.1. The molecule has 0 saturated heterocycles. The lowest BCUT2D eigenvalue weighted by molar-refractivity contribution is 0.0578. The fourth-order valence-corrected chi connectivity index (χ4v) is 2.77. The first kappa shape index (κ1) is 11.1. The number of methoxy groups -OCH3 is 1. The zero-order valence-electron chi connectivity index (χ0n) is 8.99. The number of fused-ring (bicyclic) bond motifs is 1. The van der Waals surface area contributed by atoms with Crippen LogP contribution in [0.4, 0.5) is 0 Å². The van der Waals surface area contributed by atoms with Crippen LogP contribution in [0.5, 0.6) is 0 Å². The first-order valence-corrected chi connectivity index (χ1v) is 6.16. The van der Waals surface area contributed by atoms with Crippen molar-refractivity contribution in [2.24, 2.45) is 0 Å². The highest BCUT2D eigenvalue weighted by molar-refractivity contribution is 7.10. The minimum atomic E-state index is 0.372. The largest absolute Gasteiger partial charge is 0.382 e. The molecule has 0 amide bonds. The second-order valence-corrected chi connectivity index (χ2v) is 4.62. The van der Waals surface area contributed by atoms with E-state index < -0.39 is 0 Å². The van der Waals surface area contributed by atoms with E-state index in [1.807, 2.05) is 11.3 Å². The molecule has 84 valence electrons. The van der Waals surface area contributed by atoms with Gasteiger partial charge >= 0.3 is 0 Å². The third-order valence-electron chi connectivity index (χ3n) is 2.61. The molecule has 1 aliphatic rings. The van der Waals surface area contributed by atoms with Crippen molar-refractivity contribution in [2.45, 2.75) is 12.5 Å². The van der Waals surface area contributed by atoms with Crippen LogP contribution in [0.1, 0.15) is 16.5 Å². The summed E-state index contributed by atoms with van der Waals surface area (Å²) in [5.41, 5.74) is 1.42. The molecule has 0 aromatic carbocycles. The zero-order valence-corrected chi connectivity index (χ0v) is 9.81. The van der Waals surface area contributed by atoms with Gasteiger partial charge in [0.25, 0.3) is 0 Å². The van der Waals surface area contributed by atoms with E-state index in [1.165, 1.54) is 10.4 Å². The summed E-state index contributed by atoms with van der Waals surface area (Å²) < 4.78 is 10.5. The molecule has 2 rings (SSSR count). The number of ether oxygens (including phenoxy) is 2. The minimum Gasteiger partial charge on any atom is -0.382 e. The molecule has 1 aromatic heterocycles. The van der Waals surface area contributed by atoms with Gasteiger partial charge in [-0.15, -0.1) is 11.3 Å². The molecule has 2 heterocycles. The van der Waals surface area contributed by atoms with Gasteiger partial charge in [0.2, 0.25) is 0 Å². The zero-order chi connectivity index (χ0) is 10.5. The van der Waals surface area contributed by atoms with Crippen molar-refractivity contribution in [1.82, 2.24) is 5.32 Å². The molecule has 0 fully saturated rings. The van der Waals surface area contributed by atoms with Crippen LogP contribution < -0.4 is 5.32 Å². The summed E-state index contributed by atoms with van der Waals surface area (Å²) in [6, 6.07) is 2.58. The average molecular weight is 227 g/mol. The predicted molar refractivity (Wildman–Crippen MR) is 61.5 cm³/mol. The summed E-state index contributed by atoms with van der Waals surface area (Å²) in [6.45, 7) is 3.15. The molecule has 0 radical (unpaired) electrons.